The Kier molecular flexibility index (Phi) is 3.76. The highest BCUT2D eigenvalue weighted by Gasteiger charge is 2.19. The molecular formula is C13H18N2O2. The summed E-state index contributed by atoms with van der Waals surface area (Å²) in [4.78, 5) is 13.2. The number of carbonyl (C=O) groups excluding carboxylic acids is 1. The van der Waals surface area contributed by atoms with Gasteiger partial charge in [-0.3, -0.25) is 4.79 Å². The zero-order chi connectivity index (χ0) is 12.3. The smallest absolute Gasteiger partial charge is 0.221 e. The molecule has 1 fully saturated rings. The maximum Gasteiger partial charge on any atom is 0.221 e. The van der Waals surface area contributed by atoms with Gasteiger partial charge in [-0.25, -0.2) is 0 Å². The third kappa shape index (κ3) is 3.28. The van der Waals surface area contributed by atoms with Gasteiger partial charge in [-0.1, -0.05) is 12.1 Å². The van der Waals surface area contributed by atoms with E-state index in [9.17, 15) is 4.79 Å². The summed E-state index contributed by atoms with van der Waals surface area (Å²) in [5.74, 6) is -0.0496. The largest absolute Gasteiger partial charge is 0.371 e. The molecule has 1 N–H and O–H groups in total. The van der Waals surface area contributed by atoms with E-state index in [2.05, 4.69) is 17.3 Å². The van der Waals surface area contributed by atoms with Gasteiger partial charge in [0.05, 0.1) is 12.7 Å². The second-order valence-electron chi connectivity index (χ2n) is 4.42. The van der Waals surface area contributed by atoms with Gasteiger partial charge in [0.1, 0.15) is 0 Å². The van der Waals surface area contributed by atoms with E-state index in [0.29, 0.717) is 0 Å². The summed E-state index contributed by atoms with van der Waals surface area (Å²) in [6, 6.07) is 7.84. The molecule has 0 radical (unpaired) electrons. The maximum atomic E-state index is 10.9. The third-order valence-corrected chi connectivity index (χ3v) is 2.87. The van der Waals surface area contributed by atoms with Crippen LogP contribution in [0.3, 0.4) is 0 Å². The molecule has 1 amide bonds. The highest BCUT2D eigenvalue weighted by molar-refractivity contribution is 5.88. The van der Waals surface area contributed by atoms with Gasteiger partial charge < -0.3 is 15.0 Å². The first-order valence-corrected chi connectivity index (χ1v) is 5.83. The molecule has 1 saturated heterocycles. The lowest BCUT2D eigenvalue weighted by Crippen LogP contribution is -2.35. The van der Waals surface area contributed by atoms with Crippen LogP contribution in [-0.4, -0.2) is 37.6 Å². The lowest BCUT2D eigenvalue weighted by atomic mass is 10.1. The molecule has 4 heteroatoms. The first kappa shape index (κ1) is 12.1. The number of anilines is 1. The molecule has 4 nitrogen and oxygen atoms in total. The number of morpholine rings is 1. The van der Waals surface area contributed by atoms with Crippen molar-refractivity contribution in [2.45, 2.75) is 13.0 Å². The fraction of sp³-hybridized carbons (Fsp3) is 0.462. The van der Waals surface area contributed by atoms with Crippen molar-refractivity contribution in [3.8, 4) is 0 Å². The number of likely N-dealkylation sites (N-methyl/N-ethyl adjacent to an activating group) is 1. The van der Waals surface area contributed by atoms with E-state index in [1.54, 1.807) is 0 Å². The molecule has 92 valence electrons. The number of nitrogens with zero attached hydrogens (tertiary/aromatic N) is 1. The van der Waals surface area contributed by atoms with Crippen molar-refractivity contribution in [3.63, 3.8) is 0 Å². The van der Waals surface area contributed by atoms with E-state index in [4.69, 9.17) is 4.74 Å². The number of carbonyl (C=O) groups is 1. The first-order valence-electron chi connectivity index (χ1n) is 5.83. The fourth-order valence-electron chi connectivity index (χ4n) is 1.96. The van der Waals surface area contributed by atoms with Crippen LogP contribution in [0.15, 0.2) is 24.3 Å². The van der Waals surface area contributed by atoms with Crippen LogP contribution in [0.1, 0.15) is 18.6 Å². The van der Waals surface area contributed by atoms with Crippen molar-refractivity contribution < 1.29 is 9.53 Å². The number of ether oxygens (including phenoxy) is 1. The van der Waals surface area contributed by atoms with Gasteiger partial charge in [0.15, 0.2) is 0 Å². The van der Waals surface area contributed by atoms with Crippen LogP contribution >= 0.6 is 0 Å². The molecule has 0 aliphatic carbocycles. The minimum Gasteiger partial charge on any atom is -0.371 e. The lowest BCUT2D eigenvalue weighted by Gasteiger charge is -2.30. The van der Waals surface area contributed by atoms with E-state index in [-0.39, 0.29) is 12.0 Å². The minimum absolute atomic E-state index is 0.0496. The average Bonchev–Trinajstić information content (AvgIpc) is 2.29. The SMILES string of the molecule is CC(=O)Nc1ccc(C2CN(C)CCO2)cc1. The summed E-state index contributed by atoms with van der Waals surface area (Å²) in [5.41, 5.74) is 1.98. The highest BCUT2D eigenvalue weighted by Crippen LogP contribution is 2.22. The van der Waals surface area contributed by atoms with Crippen LogP contribution in [-0.2, 0) is 9.53 Å². The van der Waals surface area contributed by atoms with Gasteiger partial charge in [0.25, 0.3) is 0 Å². The average molecular weight is 234 g/mol. The predicted molar refractivity (Wildman–Crippen MR) is 66.9 cm³/mol. The minimum atomic E-state index is -0.0496. The number of benzene rings is 1. The molecule has 1 aliphatic rings. The van der Waals surface area contributed by atoms with Crippen molar-refractivity contribution >= 4 is 11.6 Å². The Labute approximate surface area is 102 Å². The molecule has 1 aromatic carbocycles. The second-order valence-corrected chi connectivity index (χ2v) is 4.42. The lowest BCUT2D eigenvalue weighted by molar-refractivity contribution is -0.114. The Morgan fingerprint density at radius 2 is 2.12 bits per heavy atom. The molecule has 0 aromatic heterocycles. The van der Waals surface area contributed by atoms with E-state index < -0.39 is 0 Å². The molecule has 1 aliphatic heterocycles. The quantitative estimate of drug-likeness (QED) is 0.846. The molecule has 0 bridgehead atoms. The van der Waals surface area contributed by atoms with Crippen molar-refractivity contribution in [1.29, 1.82) is 0 Å². The number of hydrogen-bond donors (Lipinski definition) is 1. The standard InChI is InChI=1S/C13H18N2O2/c1-10(16)14-12-5-3-11(4-6-12)13-9-15(2)7-8-17-13/h3-6,13H,7-9H2,1-2H3,(H,14,16). The van der Waals surface area contributed by atoms with E-state index in [0.717, 1.165) is 30.9 Å². The van der Waals surface area contributed by atoms with Crippen LogP contribution < -0.4 is 5.32 Å². The molecule has 0 spiro atoms. The Bertz CT molecular complexity index is 389. The zero-order valence-corrected chi connectivity index (χ0v) is 10.3. The summed E-state index contributed by atoms with van der Waals surface area (Å²) in [7, 11) is 2.10. The summed E-state index contributed by atoms with van der Waals surface area (Å²) in [6.45, 7) is 4.18. The molecule has 1 atom stereocenters. The van der Waals surface area contributed by atoms with Crippen molar-refractivity contribution in [1.82, 2.24) is 4.90 Å². The molecule has 17 heavy (non-hydrogen) atoms. The summed E-state index contributed by atoms with van der Waals surface area (Å²) >= 11 is 0. The highest BCUT2D eigenvalue weighted by atomic mass is 16.5. The van der Waals surface area contributed by atoms with Crippen molar-refractivity contribution in [3.05, 3.63) is 29.8 Å². The van der Waals surface area contributed by atoms with Gasteiger partial charge in [-0.15, -0.1) is 0 Å². The Morgan fingerprint density at radius 1 is 1.41 bits per heavy atom. The van der Waals surface area contributed by atoms with Gasteiger partial charge in [-0.2, -0.15) is 0 Å². The van der Waals surface area contributed by atoms with Crippen LogP contribution in [0, 0.1) is 0 Å². The van der Waals surface area contributed by atoms with E-state index in [1.165, 1.54) is 6.92 Å². The van der Waals surface area contributed by atoms with Gasteiger partial charge >= 0.3 is 0 Å². The molecular weight excluding hydrogens is 216 g/mol. The van der Waals surface area contributed by atoms with E-state index in [1.807, 2.05) is 24.3 Å². The first-order chi connectivity index (χ1) is 8.15. The Hall–Kier alpha value is -1.39. The van der Waals surface area contributed by atoms with Crippen LogP contribution in [0.25, 0.3) is 0 Å². The second kappa shape index (κ2) is 5.29. The zero-order valence-electron chi connectivity index (χ0n) is 10.3. The molecule has 1 unspecified atom stereocenters. The number of rotatable bonds is 2. The van der Waals surface area contributed by atoms with Gasteiger partial charge in [0.2, 0.25) is 5.91 Å². The molecule has 2 rings (SSSR count). The van der Waals surface area contributed by atoms with E-state index >= 15 is 0 Å². The summed E-state index contributed by atoms with van der Waals surface area (Å²) in [6.07, 6.45) is 0.139. The normalized spacial score (nSPS) is 21.2. The Morgan fingerprint density at radius 3 is 2.71 bits per heavy atom. The molecule has 1 heterocycles. The van der Waals surface area contributed by atoms with Crippen LogP contribution in [0.5, 0.6) is 0 Å². The number of amides is 1. The fourth-order valence-corrected chi connectivity index (χ4v) is 1.96. The maximum absolute atomic E-state index is 10.9. The van der Waals surface area contributed by atoms with Gasteiger partial charge in [0, 0.05) is 25.7 Å². The number of nitrogens with one attached hydrogen (secondary N) is 1. The molecule has 0 saturated carbocycles. The summed E-state index contributed by atoms with van der Waals surface area (Å²) in [5, 5.41) is 2.75. The van der Waals surface area contributed by atoms with Crippen molar-refractivity contribution in [2.75, 3.05) is 32.1 Å². The molecule has 1 aromatic rings. The topological polar surface area (TPSA) is 41.6 Å². The Balaban J connectivity index is 2.04. The monoisotopic (exact) mass is 234 g/mol. The van der Waals surface area contributed by atoms with Crippen LogP contribution in [0.4, 0.5) is 5.69 Å². The van der Waals surface area contributed by atoms with Crippen LogP contribution in [0.2, 0.25) is 0 Å². The van der Waals surface area contributed by atoms with Crippen molar-refractivity contribution in [2.24, 2.45) is 0 Å². The number of hydrogen-bond acceptors (Lipinski definition) is 3. The van der Waals surface area contributed by atoms with Gasteiger partial charge in [-0.05, 0) is 24.7 Å². The summed E-state index contributed by atoms with van der Waals surface area (Å²) < 4.78 is 5.73. The predicted octanol–water partition coefficient (Wildman–Crippen LogP) is 1.65. The third-order valence-electron chi connectivity index (χ3n) is 2.87.